The van der Waals surface area contributed by atoms with Gasteiger partial charge >= 0.3 is 0 Å². The van der Waals surface area contributed by atoms with Gasteiger partial charge in [0.15, 0.2) is 9.84 Å². The predicted octanol–water partition coefficient (Wildman–Crippen LogP) is 4.12. The molecule has 0 spiro atoms. The highest BCUT2D eigenvalue weighted by atomic mass is 32.2. The minimum Gasteiger partial charge on any atom is -0.494 e. The molecule has 1 aromatic carbocycles. The summed E-state index contributed by atoms with van der Waals surface area (Å²) in [7, 11) is -3.16. The summed E-state index contributed by atoms with van der Waals surface area (Å²) < 4.78 is 28.8. The maximum absolute atomic E-state index is 11.5. The van der Waals surface area contributed by atoms with Crippen molar-refractivity contribution in [3.63, 3.8) is 0 Å². The molecule has 0 radical (unpaired) electrons. The van der Waals surface area contributed by atoms with E-state index >= 15 is 0 Å². The first-order valence-corrected chi connectivity index (χ1v) is 11.8. The fourth-order valence-electron chi connectivity index (χ4n) is 3.73. The first kappa shape index (κ1) is 20.6. The van der Waals surface area contributed by atoms with Gasteiger partial charge in [-0.2, -0.15) is 0 Å². The molecule has 2 heterocycles. The molecule has 1 atom stereocenters. The van der Waals surface area contributed by atoms with Gasteiger partial charge in [-0.1, -0.05) is 13.0 Å². The number of hydrogen-bond donors (Lipinski definition) is 0. The normalized spacial score (nSPS) is 16.8. The van der Waals surface area contributed by atoms with Crippen LogP contribution in [0.5, 0.6) is 5.75 Å². The third-order valence-electron chi connectivity index (χ3n) is 5.66. The van der Waals surface area contributed by atoms with Crippen LogP contribution in [0.1, 0.15) is 31.7 Å². The number of rotatable bonds is 7. The summed E-state index contributed by atoms with van der Waals surface area (Å²) in [6, 6.07) is 10.9. The SMILES string of the molecule is Cc1ccc(N2CCC([C@H](C)CCOc3ccc(S(C)(=O)=O)cc3)CC2)nc1. The molecule has 1 fully saturated rings. The van der Waals surface area contributed by atoms with Crippen molar-refractivity contribution in [1.29, 1.82) is 0 Å². The van der Waals surface area contributed by atoms with E-state index < -0.39 is 9.84 Å². The Labute approximate surface area is 168 Å². The van der Waals surface area contributed by atoms with E-state index in [1.807, 2.05) is 6.20 Å². The number of sulfone groups is 1. The van der Waals surface area contributed by atoms with Crippen LogP contribution in [0.15, 0.2) is 47.5 Å². The molecular weight excluding hydrogens is 372 g/mol. The quantitative estimate of drug-likeness (QED) is 0.697. The number of nitrogens with zero attached hydrogens (tertiary/aromatic N) is 2. The highest BCUT2D eigenvalue weighted by Gasteiger charge is 2.24. The third kappa shape index (κ3) is 5.47. The maximum atomic E-state index is 11.5. The molecule has 1 aliphatic rings. The Balaban J connectivity index is 1.42. The molecular formula is C22H30N2O3S. The van der Waals surface area contributed by atoms with Crippen LogP contribution < -0.4 is 9.64 Å². The number of anilines is 1. The molecule has 0 amide bonds. The molecule has 28 heavy (non-hydrogen) atoms. The maximum Gasteiger partial charge on any atom is 0.175 e. The van der Waals surface area contributed by atoms with E-state index in [1.165, 1.54) is 24.7 Å². The highest BCUT2D eigenvalue weighted by Crippen LogP contribution is 2.29. The number of benzene rings is 1. The summed E-state index contributed by atoms with van der Waals surface area (Å²) in [5.74, 6) is 3.11. The van der Waals surface area contributed by atoms with Gasteiger partial charge in [0, 0.05) is 25.5 Å². The zero-order valence-corrected chi connectivity index (χ0v) is 17.8. The Morgan fingerprint density at radius 2 is 1.82 bits per heavy atom. The number of aromatic nitrogens is 1. The Kier molecular flexibility index (Phi) is 6.60. The second kappa shape index (κ2) is 8.95. The van der Waals surface area contributed by atoms with Crippen LogP contribution in [-0.4, -0.2) is 39.4 Å². The standard InChI is InChI=1S/C22H30N2O3S/c1-17-4-9-22(23-16-17)24-13-10-19(11-14-24)18(2)12-15-27-20-5-7-21(8-6-20)28(3,25)26/h4-9,16,18-19H,10-15H2,1-3H3/t18-/m1/s1. The van der Waals surface area contributed by atoms with E-state index in [4.69, 9.17) is 4.74 Å². The lowest BCUT2D eigenvalue weighted by molar-refractivity contribution is 0.223. The largest absolute Gasteiger partial charge is 0.494 e. The second-order valence-electron chi connectivity index (χ2n) is 7.88. The van der Waals surface area contributed by atoms with Crippen molar-refractivity contribution >= 4 is 15.7 Å². The van der Waals surface area contributed by atoms with Gasteiger partial charge in [0.05, 0.1) is 11.5 Å². The third-order valence-corrected chi connectivity index (χ3v) is 6.79. The summed E-state index contributed by atoms with van der Waals surface area (Å²) >= 11 is 0. The van der Waals surface area contributed by atoms with Crippen molar-refractivity contribution < 1.29 is 13.2 Å². The number of hydrogen-bond acceptors (Lipinski definition) is 5. The summed E-state index contributed by atoms with van der Waals surface area (Å²) in [4.78, 5) is 7.24. The summed E-state index contributed by atoms with van der Waals surface area (Å²) in [5, 5.41) is 0. The lowest BCUT2D eigenvalue weighted by Gasteiger charge is -2.35. The Bertz CT molecular complexity index is 856. The monoisotopic (exact) mass is 402 g/mol. The van der Waals surface area contributed by atoms with Gasteiger partial charge < -0.3 is 9.64 Å². The number of ether oxygens (including phenoxy) is 1. The molecule has 3 rings (SSSR count). The number of piperidine rings is 1. The molecule has 0 aliphatic carbocycles. The van der Waals surface area contributed by atoms with Crippen LogP contribution in [0, 0.1) is 18.8 Å². The number of pyridine rings is 1. The molecule has 1 saturated heterocycles. The smallest absolute Gasteiger partial charge is 0.175 e. The summed E-state index contributed by atoms with van der Waals surface area (Å²) in [5.41, 5.74) is 1.19. The summed E-state index contributed by atoms with van der Waals surface area (Å²) in [6.07, 6.45) is 6.51. The first-order chi connectivity index (χ1) is 13.3. The van der Waals surface area contributed by atoms with Gasteiger partial charge in [-0.25, -0.2) is 13.4 Å². The van der Waals surface area contributed by atoms with Crippen molar-refractivity contribution in [3.05, 3.63) is 48.2 Å². The Hall–Kier alpha value is -2.08. The van der Waals surface area contributed by atoms with Gasteiger partial charge in [0.25, 0.3) is 0 Å². The fraction of sp³-hybridized carbons (Fsp3) is 0.500. The van der Waals surface area contributed by atoms with Crippen LogP contribution in [-0.2, 0) is 9.84 Å². The molecule has 2 aromatic rings. The van der Waals surface area contributed by atoms with Crippen molar-refractivity contribution in [3.8, 4) is 5.75 Å². The second-order valence-corrected chi connectivity index (χ2v) is 9.89. The van der Waals surface area contributed by atoms with Crippen LogP contribution in [0.2, 0.25) is 0 Å². The van der Waals surface area contributed by atoms with Crippen LogP contribution in [0.4, 0.5) is 5.82 Å². The molecule has 1 aliphatic heterocycles. The topological polar surface area (TPSA) is 59.5 Å². The van der Waals surface area contributed by atoms with Gasteiger partial charge in [0.1, 0.15) is 11.6 Å². The van der Waals surface area contributed by atoms with Crippen molar-refractivity contribution in [2.24, 2.45) is 11.8 Å². The van der Waals surface area contributed by atoms with Crippen molar-refractivity contribution in [1.82, 2.24) is 4.98 Å². The molecule has 5 nitrogen and oxygen atoms in total. The van der Waals surface area contributed by atoms with E-state index in [0.717, 1.165) is 31.1 Å². The first-order valence-electron chi connectivity index (χ1n) is 9.93. The van der Waals surface area contributed by atoms with Crippen LogP contribution in [0.25, 0.3) is 0 Å². The molecule has 1 aromatic heterocycles. The Morgan fingerprint density at radius 3 is 2.39 bits per heavy atom. The minimum atomic E-state index is -3.16. The lowest BCUT2D eigenvalue weighted by atomic mass is 9.84. The molecule has 0 saturated carbocycles. The van der Waals surface area contributed by atoms with Crippen LogP contribution >= 0.6 is 0 Å². The fourth-order valence-corrected chi connectivity index (χ4v) is 4.36. The van der Waals surface area contributed by atoms with E-state index in [0.29, 0.717) is 23.3 Å². The molecule has 0 N–H and O–H groups in total. The van der Waals surface area contributed by atoms with Crippen molar-refractivity contribution in [2.75, 3.05) is 30.9 Å². The van der Waals surface area contributed by atoms with E-state index in [1.54, 1.807) is 24.3 Å². The molecule has 152 valence electrons. The van der Waals surface area contributed by atoms with Gasteiger partial charge in [-0.05, 0) is 73.9 Å². The predicted molar refractivity (Wildman–Crippen MR) is 113 cm³/mol. The highest BCUT2D eigenvalue weighted by molar-refractivity contribution is 7.90. The minimum absolute atomic E-state index is 0.322. The molecule has 0 bridgehead atoms. The number of aryl methyl sites for hydroxylation is 1. The van der Waals surface area contributed by atoms with Gasteiger partial charge in [0.2, 0.25) is 0 Å². The van der Waals surface area contributed by atoms with E-state index in [2.05, 4.69) is 35.9 Å². The zero-order valence-electron chi connectivity index (χ0n) is 17.0. The van der Waals surface area contributed by atoms with E-state index in [-0.39, 0.29) is 0 Å². The van der Waals surface area contributed by atoms with Crippen LogP contribution in [0.3, 0.4) is 0 Å². The lowest BCUT2D eigenvalue weighted by Crippen LogP contribution is -2.36. The molecule has 6 heteroatoms. The van der Waals surface area contributed by atoms with Crippen molar-refractivity contribution in [2.45, 2.75) is 38.0 Å². The zero-order chi connectivity index (χ0) is 20.1. The average Bonchev–Trinajstić information content (AvgIpc) is 2.68. The van der Waals surface area contributed by atoms with Gasteiger partial charge in [-0.3, -0.25) is 0 Å². The summed E-state index contributed by atoms with van der Waals surface area (Å²) in [6.45, 7) is 7.13. The molecule has 0 unspecified atom stereocenters. The van der Waals surface area contributed by atoms with Gasteiger partial charge in [-0.15, -0.1) is 0 Å². The van der Waals surface area contributed by atoms with E-state index in [9.17, 15) is 8.42 Å². The average molecular weight is 403 g/mol. The Morgan fingerprint density at radius 1 is 1.14 bits per heavy atom.